The van der Waals surface area contributed by atoms with E-state index in [4.69, 9.17) is 5.11 Å². The van der Waals surface area contributed by atoms with Crippen LogP contribution >= 0.6 is 0 Å². The largest absolute Gasteiger partial charge is 0.481 e. The maximum atomic E-state index is 12.4. The van der Waals surface area contributed by atoms with Gasteiger partial charge in [0, 0.05) is 24.0 Å². The summed E-state index contributed by atoms with van der Waals surface area (Å²) in [5.41, 5.74) is 1.24. The van der Waals surface area contributed by atoms with Gasteiger partial charge in [0.05, 0.1) is 18.8 Å². The van der Waals surface area contributed by atoms with Gasteiger partial charge in [-0.15, -0.1) is 0 Å². The summed E-state index contributed by atoms with van der Waals surface area (Å²) in [4.78, 5) is 27.2. The Hall–Kier alpha value is -2.63. The van der Waals surface area contributed by atoms with Crippen molar-refractivity contribution in [1.82, 2.24) is 14.9 Å². The number of carboxylic acid groups (broad SMARTS) is 1. The van der Waals surface area contributed by atoms with E-state index >= 15 is 0 Å². The van der Waals surface area contributed by atoms with Gasteiger partial charge in [-0.2, -0.15) is 0 Å². The Bertz CT molecular complexity index is 680. The second-order valence-corrected chi connectivity index (χ2v) is 5.86. The molecule has 2 N–H and O–H groups in total. The molecule has 6 nitrogen and oxygen atoms in total. The van der Waals surface area contributed by atoms with Crippen molar-refractivity contribution in [2.45, 2.75) is 37.8 Å². The summed E-state index contributed by atoms with van der Waals surface area (Å²) in [5, 5.41) is 11.9. The zero-order valence-electron chi connectivity index (χ0n) is 12.7. The van der Waals surface area contributed by atoms with Gasteiger partial charge in [-0.05, 0) is 37.0 Å². The molecule has 0 radical (unpaired) electrons. The van der Waals surface area contributed by atoms with Gasteiger partial charge in [0.1, 0.15) is 0 Å². The van der Waals surface area contributed by atoms with Gasteiger partial charge in [0.15, 0.2) is 0 Å². The molecule has 1 aromatic heterocycles. The van der Waals surface area contributed by atoms with Crippen LogP contribution in [0.4, 0.5) is 0 Å². The Kier molecular flexibility index (Phi) is 4.41. The van der Waals surface area contributed by atoms with E-state index in [1.165, 1.54) is 0 Å². The molecule has 0 saturated heterocycles. The molecule has 1 heterocycles. The molecular formula is C17H19N3O3. The van der Waals surface area contributed by atoms with Crippen molar-refractivity contribution in [1.29, 1.82) is 0 Å². The number of carbonyl (C=O) groups is 2. The van der Waals surface area contributed by atoms with Crippen LogP contribution in [0.15, 0.2) is 43.0 Å². The average Bonchev–Trinajstić information content (AvgIpc) is 3.18. The molecule has 0 bridgehead atoms. The number of nitrogens with zero attached hydrogens (tertiary/aromatic N) is 2. The summed E-state index contributed by atoms with van der Waals surface area (Å²) in [5.74, 6) is -1.000. The monoisotopic (exact) mass is 313 g/mol. The zero-order chi connectivity index (χ0) is 16.2. The van der Waals surface area contributed by atoms with E-state index in [9.17, 15) is 9.59 Å². The standard InChI is InChI=1S/C17H19N3O3/c21-16(22)10-12-4-6-13(7-5-12)17(23)19-14-2-1-3-15(14)20-9-8-18-11-20/h4-9,11,14-15H,1-3,10H2,(H,19,23)(H,21,22)/t14-,15+/m1/s1. The van der Waals surface area contributed by atoms with E-state index in [1.807, 2.05) is 10.8 Å². The summed E-state index contributed by atoms with van der Waals surface area (Å²) in [7, 11) is 0. The number of carbonyl (C=O) groups excluding carboxylic acids is 1. The highest BCUT2D eigenvalue weighted by Gasteiger charge is 2.29. The Morgan fingerprint density at radius 2 is 2.04 bits per heavy atom. The fourth-order valence-corrected chi connectivity index (χ4v) is 3.13. The lowest BCUT2D eigenvalue weighted by atomic mass is 10.1. The normalized spacial score (nSPS) is 20.3. The van der Waals surface area contributed by atoms with Crippen LogP contribution in [0.2, 0.25) is 0 Å². The van der Waals surface area contributed by atoms with Gasteiger partial charge >= 0.3 is 5.97 Å². The summed E-state index contributed by atoms with van der Waals surface area (Å²) < 4.78 is 2.05. The summed E-state index contributed by atoms with van der Waals surface area (Å²) in [6.07, 6.45) is 8.48. The van der Waals surface area contributed by atoms with Gasteiger partial charge < -0.3 is 15.0 Å². The number of benzene rings is 1. The Morgan fingerprint density at radius 1 is 1.26 bits per heavy atom. The van der Waals surface area contributed by atoms with Gasteiger partial charge in [-0.3, -0.25) is 9.59 Å². The second-order valence-electron chi connectivity index (χ2n) is 5.86. The molecule has 2 aromatic rings. The van der Waals surface area contributed by atoms with Crippen LogP contribution in [0.1, 0.15) is 41.2 Å². The van der Waals surface area contributed by atoms with Crippen molar-refractivity contribution < 1.29 is 14.7 Å². The summed E-state index contributed by atoms with van der Waals surface area (Å²) in [6, 6.07) is 7.06. The van der Waals surface area contributed by atoms with Crippen molar-refractivity contribution in [3.8, 4) is 0 Å². The first-order valence-corrected chi connectivity index (χ1v) is 7.72. The maximum absolute atomic E-state index is 12.4. The molecule has 120 valence electrons. The first-order chi connectivity index (χ1) is 11.1. The van der Waals surface area contributed by atoms with Crippen molar-refractivity contribution in [3.05, 3.63) is 54.1 Å². The number of hydrogen-bond donors (Lipinski definition) is 2. The molecule has 1 fully saturated rings. The SMILES string of the molecule is O=C(O)Cc1ccc(C(=O)N[C@@H]2CCC[C@@H]2n2ccnc2)cc1. The molecular weight excluding hydrogens is 294 g/mol. The summed E-state index contributed by atoms with van der Waals surface area (Å²) >= 11 is 0. The number of rotatable bonds is 5. The lowest BCUT2D eigenvalue weighted by molar-refractivity contribution is -0.136. The van der Waals surface area contributed by atoms with Crippen LogP contribution in [0.25, 0.3) is 0 Å². The maximum Gasteiger partial charge on any atom is 0.307 e. The molecule has 0 spiro atoms. The molecule has 23 heavy (non-hydrogen) atoms. The molecule has 1 amide bonds. The van der Waals surface area contributed by atoms with E-state index in [1.54, 1.807) is 36.8 Å². The van der Waals surface area contributed by atoms with Gasteiger partial charge in [-0.1, -0.05) is 12.1 Å². The first kappa shape index (κ1) is 15.3. The van der Waals surface area contributed by atoms with Crippen molar-refractivity contribution in [3.63, 3.8) is 0 Å². The first-order valence-electron chi connectivity index (χ1n) is 7.72. The molecule has 1 saturated carbocycles. The number of amides is 1. The molecule has 2 atom stereocenters. The Balaban J connectivity index is 1.65. The Morgan fingerprint density at radius 3 is 2.70 bits per heavy atom. The fourth-order valence-electron chi connectivity index (χ4n) is 3.13. The highest BCUT2D eigenvalue weighted by atomic mass is 16.4. The van der Waals surface area contributed by atoms with E-state index < -0.39 is 5.97 Å². The van der Waals surface area contributed by atoms with Crippen molar-refractivity contribution >= 4 is 11.9 Å². The quantitative estimate of drug-likeness (QED) is 0.884. The number of carboxylic acids is 1. The number of aliphatic carboxylic acids is 1. The fraction of sp³-hybridized carbons (Fsp3) is 0.353. The van der Waals surface area contributed by atoms with E-state index in [0.29, 0.717) is 11.1 Å². The minimum absolute atomic E-state index is 0.0345. The van der Waals surface area contributed by atoms with Crippen LogP contribution in [-0.4, -0.2) is 32.6 Å². The van der Waals surface area contributed by atoms with Gasteiger partial charge in [-0.25, -0.2) is 4.98 Å². The average molecular weight is 313 g/mol. The number of imidazole rings is 1. The highest BCUT2D eigenvalue weighted by molar-refractivity contribution is 5.94. The van der Waals surface area contributed by atoms with E-state index in [2.05, 4.69) is 10.3 Å². The van der Waals surface area contributed by atoms with Gasteiger partial charge in [0.25, 0.3) is 5.91 Å². The molecule has 3 rings (SSSR count). The van der Waals surface area contributed by atoms with Crippen LogP contribution in [-0.2, 0) is 11.2 Å². The van der Waals surface area contributed by atoms with E-state index in [0.717, 1.165) is 19.3 Å². The molecule has 0 aliphatic heterocycles. The van der Waals surface area contributed by atoms with Crippen LogP contribution in [0.3, 0.4) is 0 Å². The predicted molar refractivity (Wildman–Crippen MR) is 84.2 cm³/mol. The number of nitrogens with one attached hydrogen (secondary N) is 1. The smallest absolute Gasteiger partial charge is 0.307 e. The number of aromatic nitrogens is 2. The topological polar surface area (TPSA) is 84.2 Å². The second kappa shape index (κ2) is 6.64. The third kappa shape index (κ3) is 3.59. The molecule has 1 aromatic carbocycles. The molecule has 1 aliphatic carbocycles. The van der Waals surface area contributed by atoms with Crippen LogP contribution < -0.4 is 5.32 Å². The third-order valence-corrected chi connectivity index (χ3v) is 4.28. The lowest BCUT2D eigenvalue weighted by Gasteiger charge is -2.22. The van der Waals surface area contributed by atoms with Crippen LogP contribution in [0.5, 0.6) is 0 Å². The zero-order valence-corrected chi connectivity index (χ0v) is 12.7. The Labute approximate surface area is 134 Å². The molecule has 0 unspecified atom stereocenters. The summed E-state index contributed by atoms with van der Waals surface area (Å²) in [6.45, 7) is 0. The molecule has 6 heteroatoms. The minimum atomic E-state index is -0.878. The van der Waals surface area contributed by atoms with Crippen molar-refractivity contribution in [2.75, 3.05) is 0 Å². The lowest BCUT2D eigenvalue weighted by Crippen LogP contribution is -2.38. The minimum Gasteiger partial charge on any atom is -0.481 e. The predicted octanol–water partition coefficient (Wildman–Crippen LogP) is 2.03. The van der Waals surface area contributed by atoms with E-state index in [-0.39, 0.29) is 24.4 Å². The van der Waals surface area contributed by atoms with Crippen LogP contribution in [0, 0.1) is 0 Å². The number of hydrogen-bond acceptors (Lipinski definition) is 3. The highest BCUT2D eigenvalue weighted by Crippen LogP contribution is 2.30. The van der Waals surface area contributed by atoms with Crippen molar-refractivity contribution in [2.24, 2.45) is 0 Å². The van der Waals surface area contributed by atoms with Gasteiger partial charge in [0.2, 0.25) is 0 Å². The third-order valence-electron chi connectivity index (χ3n) is 4.28. The molecule has 1 aliphatic rings.